The van der Waals surface area contributed by atoms with Crippen molar-refractivity contribution in [1.82, 2.24) is 9.38 Å². The Hall–Kier alpha value is -2.67. The number of carbonyl (C=O) groups is 2. The first kappa shape index (κ1) is 16.2. The van der Waals surface area contributed by atoms with Crippen LogP contribution in [0.5, 0.6) is 0 Å². The summed E-state index contributed by atoms with van der Waals surface area (Å²) < 4.78 is 2.24. The molecular formula is C17H14BrN3O3. The van der Waals surface area contributed by atoms with Crippen LogP contribution >= 0.6 is 15.9 Å². The number of fused-ring (bicyclic) bond motifs is 1. The van der Waals surface area contributed by atoms with Crippen LogP contribution in [0, 0.1) is 0 Å². The van der Waals surface area contributed by atoms with Gasteiger partial charge in [-0.1, -0.05) is 6.07 Å². The minimum absolute atomic E-state index is 0.0580. The summed E-state index contributed by atoms with van der Waals surface area (Å²) in [6, 6.07) is 10.1. The number of ketones is 1. The average Bonchev–Trinajstić information content (AvgIpc) is 2.92. The van der Waals surface area contributed by atoms with Gasteiger partial charge in [0.15, 0.2) is 5.82 Å². The maximum Gasteiger partial charge on any atom is 0.337 e. The van der Waals surface area contributed by atoms with Crippen molar-refractivity contribution in [3.63, 3.8) is 0 Å². The van der Waals surface area contributed by atoms with Gasteiger partial charge >= 0.3 is 5.97 Å². The summed E-state index contributed by atoms with van der Waals surface area (Å²) in [4.78, 5) is 28.5. The number of anilines is 1. The number of hydrogen-bond acceptors (Lipinski definition) is 4. The zero-order valence-electron chi connectivity index (χ0n) is 12.8. The van der Waals surface area contributed by atoms with Crippen molar-refractivity contribution in [2.75, 3.05) is 11.9 Å². The molecule has 0 radical (unpaired) electrons. The summed E-state index contributed by atoms with van der Waals surface area (Å²) in [5.74, 6) is -1.20. The highest BCUT2D eigenvalue weighted by Gasteiger charge is 2.20. The maximum absolute atomic E-state index is 12.8. The number of carboxylic acid groups (broad SMARTS) is 1. The summed E-state index contributed by atoms with van der Waals surface area (Å²) in [7, 11) is 0. The fourth-order valence-corrected chi connectivity index (χ4v) is 2.99. The van der Waals surface area contributed by atoms with Crippen molar-refractivity contribution >= 4 is 38.9 Å². The number of nitrogens with one attached hydrogen (secondary N) is 1. The largest absolute Gasteiger partial charge is 0.478 e. The Labute approximate surface area is 146 Å². The molecule has 2 aromatic heterocycles. The van der Waals surface area contributed by atoms with E-state index < -0.39 is 5.97 Å². The molecule has 3 rings (SSSR count). The first-order chi connectivity index (χ1) is 11.5. The number of aromatic carboxylic acids is 1. The summed E-state index contributed by atoms with van der Waals surface area (Å²) in [6.45, 7) is 2.46. The summed E-state index contributed by atoms with van der Waals surface area (Å²) >= 11 is 3.34. The number of carbonyl (C=O) groups excluding carboxylic acids is 1. The van der Waals surface area contributed by atoms with Gasteiger partial charge in [0.25, 0.3) is 0 Å². The second kappa shape index (κ2) is 6.45. The van der Waals surface area contributed by atoms with E-state index in [0.717, 1.165) is 5.52 Å². The van der Waals surface area contributed by atoms with Gasteiger partial charge in [-0.15, -0.1) is 0 Å². The van der Waals surface area contributed by atoms with Crippen LogP contribution in [-0.4, -0.2) is 32.8 Å². The Morgan fingerprint density at radius 2 is 2.08 bits per heavy atom. The zero-order valence-corrected chi connectivity index (χ0v) is 14.4. The highest BCUT2D eigenvalue weighted by Crippen LogP contribution is 2.23. The molecule has 0 aliphatic rings. The lowest BCUT2D eigenvalue weighted by Crippen LogP contribution is -2.11. The number of benzene rings is 1. The number of pyridine rings is 1. The monoisotopic (exact) mass is 387 g/mol. The number of nitrogens with zero attached hydrogens (tertiary/aromatic N) is 2. The number of aromatic nitrogens is 2. The molecule has 0 aliphatic heterocycles. The minimum atomic E-state index is -1.09. The molecule has 0 bridgehead atoms. The molecule has 3 aromatic rings. The lowest BCUT2D eigenvalue weighted by Gasteiger charge is -2.09. The van der Waals surface area contributed by atoms with Gasteiger partial charge in [-0.25, -0.2) is 9.78 Å². The van der Waals surface area contributed by atoms with Crippen LogP contribution in [0.15, 0.2) is 47.2 Å². The van der Waals surface area contributed by atoms with E-state index in [1.807, 2.05) is 19.1 Å². The molecule has 0 atom stereocenters. The molecule has 24 heavy (non-hydrogen) atoms. The molecule has 122 valence electrons. The normalized spacial score (nSPS) is 10.8. The first-order valence-corrected chi connectivity index (χ1v) is 8.10. The van der Waals surface area contributed by atoms with E-state index in [0.29, 0.717) is 16.8 Å². The van der Waals surface area contributed by atoms with Crippen LogP contribution in [0.2, 0.25) is 0 Å². The van der Waals surface area contributed by atoms with Crippen LogP contribution < -0.4 is 5.32 Å². The first-order valence-electron chi connectivity index (χ1n) is 7.31. The Morgan fingerprint density at radius 3 is 2.79 bits per heavy atom. The standard InChI is InChI=1S/C17H14BrN3O3/c1-2-19-12-7-6-10(9-11(12)17(23)24)14(22)16-20-15(18)13-5-3-4-8-21(13)16/h3-9,19H,2H2,1H3,(H,23,24). The SMILES string of the molecule is CCNc1ccc(C(=O)c2nc(Br)c3ccccn23)cc1C(=O)O. The predicted molar refractivity (Wildman–Crippen MR) is 93.9 cm³/mol. The highest BCUT2D eigenvalue weighted by atomic mass is 79.9. The van der Waals surface area contributed by atoms with Crippen LogP contribution in [0.4, 0.5) is 5.69 Å². The molecule has 0 amide bonds. The molecule has 7 heteroatoms. The fraction of sp³-hybridized carbons (Fsp3) is 0.118. The fourth-order valence-electron chi connectivity index (χ4n) is 2.50. The summed E-state index contributed by atoms with van der Waals surface area (Å²) in [5, 5.41) is 12.3. The van der Waals surface area contributed by atoms with Gasteiger partial charge in [0.2, 0.25) is 5.78 Å². The average molecular weight is 388 g/mol. The summed E-state index contributed by atoms with van der Waals surface area (Å²) in [6.07, 6.45) is 1.74. The molecule has 0 unspecified atom stereocenters. The van der Waals surface area contributed by atoms with Crippen molar-refractivity contribution in [1.29, 1.82) is 0 Å². The lowest BCUT2D eigenvalue weighted by molar-refractivity contribution is 0.0698. The molecule has 0 saturated heterocycles. The topological polar surface area (TPSA) is 83.7 Å². The van der Waals surface area contributed by atoms with Crippen molar-refractivity contribution in [3.8, 4) is 0 Å². The van der Waals surface area contributed by atoms with E-state index in [-0.39, 0.29) is 22.7 Å². The molecule has 1 aromatic carbocycles. The van der Waals surface area contributed by atoms with Gasteiger partial charge in [-0.3, -0.25) is 9.20 Å². The minimum Gasteiger partial charge on any atom is -0.478 e. The highest BCUT2D eigenvalue weighted by molar-refractivity contribution is 9.10. The van der Waals surface area contributed by atoms with E-state index >= 15 is 0 Å². The maximum atomic E-state index is 12.8. The smallest absolute Gasteiger partial charge is 0.337 e. The number of rotatable bonds is 5. The van der Waals surface area contributed by atoms with Gasteiger partial charge in [0.05, 0.1) is 11.1 Å². The van der Waals surface area contributed by atoms with Gasteiger partial charge in [-0.05, 0) is 53.2 Å². The van der Waals surface area contributed by atoms with E-state index in [2.05, 4.69) is 26.2 Å². The number of carboxylic acids is 1. The van der Waals surface area contributed by atoms with E-state index in [4.69, 9.17) is 0 Å². The Morgan fingerprint density at radius 1 is 1.29 bits per heavy atom. The third-order valence-electron chi connectivity index (χ3n) is 3.59. The van der Waals surface area contributed by atoms with E-state index in [1.165, 1.54) is 6.07 Å². The van der Waals surface area contributed by atoms with Crippen molar-refractivity contribution in [2.24, 2.45) is 0 Å². The van der Waals surface area contributed by atoms with Crippen molar-refractivity contribution < 1.29 is 14.7 Å². The van der Waals surface area contributed by atoms with E-state index in [1.54, 1.807) is 28.8 Å². The van der Waals surface area contributed by atoms with Crippen LogP contribution in [0.3, 0.4) is 0 Å². The second-order valence-electron chi connectivity index (χ2n) is 5.11. The number of hydrogen-bond donors (Lipinski definition) is 2. The zero-order chi connectivity index (χ0) is 17.3. The van der Waals surface area contributed by atoms with Gasteiger partial charge < -0.3 is 10.4 Å². The summed E-state index contributed by atoms with van der Waals surface area (Å²) in [5.41, 5.74) is 1.58. The van der Waals surface area contributed by atoms with Crippen LogP contribution in [0.1, 0.15) is 33.5 Å². The molecule has 2 N–H and O–H groups in total. The molecular weight excluding hydrogens is 374 g/mol. The molecule has 0 aliphatic carbocycles. The number of imidazole rings is 1. The molecule has 0 spiro atoms. The third kappa shape index (κ3) is 2.78. The predicted octanol–water partition coefficient (Wildman–Crippen LogP) is 3.46. The molecule has 0 saturated carbocycles. The van der Waals surface area contributed by atoms with Gasteiger partial charge in [-0.2, -0.15) is 0 Å². The Bertz CT molecular complexity index is 949. The third-order valence-corrected chi connectivity index (χ3v) is 4.17. The lowest BCUT2D eigenvalue weighted by atomic mass is 10.0. The number of halogens is 1. The molecule has 0 fully saturated rings. The van der Waals surface area contributed by atoms with Gasteiger partial charge in [0.1, 0.15) is 4.60 Å². The quantitative estimate of drug-likeness (QED) is 0.654. The van der Waals surface area contributed by atoms with E-state index in [9.17, 15) is 14.7 Å². The molecule has 6 nitrogen and oxygen atoms in total. The van der Waals surface area contributed by atoms with Crippen LogP contribution in [0.25, 0.3) is 5.52 Å². The van der Waals surface area contributed by atoms with Crippen LogP contribution in [-0.2, 0) is 0 Å². The molecule has 2 heterocycles. The van der Waals surface area contributed by atoms with Crippen molar-refractivity contribution in [2.45, 2.75) is 6.92 Å². The van der Waals surface area contributed by atoms with Gasteiger partial charge in [0, 0.05) is 24.0 Å². The Balaban J connectivity index is 2.09. The Kier molecular flexibility index (Phi) is 4.35. The second-order valence-corrected chi connectivity index (χ2v) is 5.86. The van der Waals surface area contributed by atoms with Crippen molar-refractivity contribution in [3.05, 3.63) is 64.1 Å².